The normalized spacial score (nSPS) is 14.6. The van der Waals surface area contributed by atoms with Crippen molar-refractivity contribution in [3.05, 3.63) is 97.2 Å². The molecule has 9 nitrogen and oxygen atoms in total. The summed E-state index contributed by atoms with van der Waals surface area (Å²) in [4.78, 5) is 37.4. The molecule has 0 spiro atoms. The zero-order valence-electron chi connectivity index (χ0n) is 35.5. The molecule has 0 radical (unpaired) electrons. The summed E-state index contributed by atoms with van der Waals surface area (Å²) < 4.78 is 33.7. The van der Waals surface area contributed by atoms with E-state index in [0.29, 0.717) is 23.9 Å². The Labute approximate surface area is 341 Å². The summed E-state index contributed by atoms with van der Waals surface area (Å²) in [5.41, 5.74) is 0. The van der Waals surface area contributed by atoms with Crippen molar-refractivity contribution in [2.24, 2.45) is 0 Å². The maximum absolute atomic E-state index is 12.6. The van der Waals surface area contributed by atoms with Crippen LogP contribution < -0.4 is 4.89 Å². The van der Waals surface area contributed by atoms with Gasteiger partial charge in [0.1, 0.15) is 19.8 Å². The molecule has 0 aliphatic heterocycles. The summed E-state index contributed by atoms with van der Waals surface area (Å²) in [6, 6.07) is 0. The SMILES string of the molecule is CC/C=C\C/C=C\C/C=C\C/C=C\C/C=C\CCCC(=O)OC[C@H](COP(=O)([O-])OCC[N+](C)(C)C)OC(=O)CCCC/C=C\C/C=C\C/C=C\CCCCC. The molecule has 0 fully saturated rings. The first-order valence-corrected chi connectivity index (χ1v) is 22.4. The number of allylic oxidation sites excluding steroid dienone is 16. The number of hydrogen-bond acceptors (Lipinski definition) is 8. The summed E-state index contributed by atoms with van der Waals surface area (Å²) in [7, 11) is 1.09. The summed E-state index contributed by atoms with van der Waals surface area (Å²) in [6.45, 7) is 3.93. The molecule has 0 rings (SSSR count). The quantitative estimate of drug-likeness (QED) is 0.0202. The molecule has 0 saturated carbocycles. The third-order valence-electron chi connectivity index (χ3n) is 8.09. The van der Waals surface area contributed by atoms with Crippen molar-refractivity contribution in [2.75, 3.05) is 47.5 Å². The van der Waals surface area contributed by atoms with E-state index in [9.17, 15) is 19.0 Å². The lowest BCUT2D eigenvalue weighted by molar-refractivity contribution is -0.870. The number of unbranched alkanes of at least 4 members (excludes halogenated alkanes) is 6. The van der Waals surface area contributed by atoms with Gasteiger partial charge < -0.3 is 27.9 Å². The van der Waals surface area contributed by atoms with Gasteiger partial charge in [0, 0.05) is 12.8 Å². The van der Waals surface area contributed by atoms with Crippen LogP contribution in [0.4, 0.5) is 0 Å². The molecule has 0 amide bonds. The molecule has 0 aromatic rings. The standard InChI is InChI=1S/C46H76NO8P/c1-6-8-10-12-14-16-18-20-22-23-25-26-28-30-32-34-36-38-45(48)52-42-44(43-54-56(50,51)53-41-40-47(3,4)5)55-46(49)39-37-35-33-31-29-27-24-21-19-17-15-13-11-9-7-2/h8,10,14-17,20-22,24-26,29-32,44H,6-7,9,11-13,18-19,23,27-28,33-43H2,1-5H3/b10-8-,16-14-,17-15-,22-20-,24-21-,26-25-,31-29-,32-30-/t44-/m1/s1. The Kier molecular flexibility index (Phi) is 35.4. The molecule has 0 heterocycles. The van der Waals surface area contributed by atoms with Crippen molar-refractivity contribution in [3.8, 4) is 0 Å². The van der Waals surface area contributed by atoms with E-state index in [4.69, 9.17) is 18.5 Å². The number of esters is 2. The topological polar surface area (TPSA) is 111 Å². The number of nitrogens with zero attached hydrogens (tertiary/aromatic N) is 1. The first kappa shape index (κ1) is 52.9. The van der Waals surface area contributed by atoms with Crippen LogP contribution in [0.25, 0.3) is 0 Å². The fraction of sp³-hybridized carbons (Fsp3) is 0.609. The Morgan fingerprint density at radius 1 is 0.571 bits per heavy atom. The van der Waals surface area contributed by atoms with Gasteiger partial charge in [-0.05, 0) is 89.9 Å². The fourth-order valence-electron chi connectivity index (χ4n) is 4.81. The van der Waals surface area contributed by atoms with Gasteiger partial charge in [-0.15, -0.1) is 0 Å². The van der Waals surface area contributed by atoms with E-state index in [1.54, 1.807) is 0 Å². The molecular formula is C46H76NO8P. The van der Waals surface area contributed by atoms with Crippen LogP contribution in [0.3, 0.4) is 0 Å². The van der Waals surface area contributed by atoms with Gasteiger partial charge >= 0.3 is 11.9 Å². The predicted octanol–water partition coefficient (Wildman–Crippen LogP) is 11.2. The fourth-order valence-corrected chi connectivity index (χ4v) is 5.54. The highest BCUT2D eigenvalue weighted by atomic mass is 31.2. The number of hydrogen-bond donors (Lipinski definition) is 0. The third kappa shape index (κ3) is 40.6. The van der Waals surface area contributed by atoms with Crippen LogP contribution in [0.2, 0.25) is 0 Å². The smallest absolute Gasteiger partial charge is 0.306 e. The number of quaternary nitrogens is 1. The van der Waals surface area contributed by atoms with Crippen LogP contribution in [0.1, 0.15) is 129 Å². The van der Waals surface area contributed by atoms with E-state index < -0.39 is 32.5 Å². The second-order valence-electron chi connectivity index (χ2n) is 14.6. The van der Waals surface area contributed by atoms with Crippen molar-refractivity contribution in [1.29, 1.82) is 0 Å². The second-order valence-corrected chi connectivity index (χ2v) is 16.0. The number of phosphoric acid groups is 1. The summed E-state index contributed by atoms with van der Waals surface area (Å²) in [6.07, 6.45) is 48.7. The van der Waals surface area contributed by atoms with Gasteiger partial charge in [-0.25, -0.2) is 0 Å². The largest absolute Gasteiger partial charge is 0.756 e. The number of likely N-dealkylation sites (N-methyl/N-ethyl adjacent to an activating group) is 1. The molecule has 10 heteroatoms. The number of carbonyl (C=O) groups is 2. The van der Waals surface area contributed by atoms with E-state index in [0.717, 1.165) is 70.6 Å². The Morgan fingerprint density at radius 2 is 1.02 bits per heavy atom. The minimum Gasteiger partial charge on any atom is -0.756 e. The van der Waals surface area contributed by atoms with Gasteiger partial charge in [0.15, 0.2) is 6.10 Å². The van der Waals surface area contributed by atoms with E-state index in [1.807, 2.05) is 27.2 Å². The Balaban J connectivity index is 4.58. The maximum atomic E-state index is 12.6. The van der Waals surface area contributed by atoms with E-state index >= 15 is 0 Å². The molecule has 2 atom stereocenters. The first-order valence-electron chi connectivity index (χ1n) is 20.9. The molecule has 0 bridgehead atoms. The lowest BCUT2D eigenvalue weighted by Gasteiger charge is -2.28. The Bertz CT molecular complexity index is 1270. The average molecular weight is 802 g/mol. The van der Waals surface area contributed by atoms with Gasteiger partial charge in [-0.1, -0.05) is 124 Å². The monoisotopic (exact) mass is 802 g/mol. The number of phosphoric ester groups is 1. The molecule has 0 aliphatic carbocycles. The first-order chi connectivity index (χ1) is 27.0. The summed E-state index contributed by atoms with van der Waals surface area (Å²) in [5, 5.41) is 0. The van der Waals surface area contributed by atoms with Gasteiger partial charge in [0.2, 0.25) is 0 Å². The molecule has 0 saturated heterocycles. The van der Waals surface area contributed by atoms with Crippen LogP contribution in [0.5, 0.6) is 0 Å². The van der Waals surface area contributed by atoms with Crippen LogP contribution >= 0.6 is 7.82 Å². The van der Waals surface area contributed by atoms with Gasteiger partial charge in [-0.2, -0.15) is 0 Å². The molecule has 0 aromatic heterocycles. The number of ether oxygens (including phenoxy) is 2. The van der Waals surface area contributed by atoms with E-state index in [2.05, 4.69) is 105 Å². The molecule has 0 aliphatic rings. The van der Waals surface area contributed by atoms with Gasteiger partial charge in [0.25, 0.3) is 7.82 Å². The number of carbonyl (C=O) groups excluding carboxylic acids is 2. The molecule has 0 aromatic carbocycles. The molecule has 318 valence electrons. The van der Waals surface area contributed by atoms with Crippen LogP contribution in [-0.4, -0.2) is 70.0 Å². The minimum absolute atomic E-state index is 0.0527. The van der Waals surface area contributed by atoms with Gasteiger partial charge in [0.05, 0.1) is 27.7 Å². The highest BCUT2D eigenvalue weighted by Gasteiger charge is 2.21. The van der Waals surface area contributed by atoms with Crippen molar-refractivity contribution in [3.63, 3.8) is 0 Å². The number of rotatable bonds is 36. The van der Waals surface area contributed by atoms with E-state index in [-0.39, 0.29) is 26.1 Å². The Hall–Kier alpha value is -3.07. The van der Waals surface area contributed by atoms with Crippen molar-refractivity contribution >= 4 is 19.8 Å². The predicted molar refractivity (Wildman–Crippen MR) is 231 cm³/mol. The second kappa shape index (κ2) is 37.5. The van der Waals surface area contributed by atoms with Gasteiger partial charge in [-0.3, -0.25) is 14.2 Å². The lowest BCUT2D eigenvalue weighted by atomic mass is 10.1. The highest BCUT2D eigenvalue weighted by molar-refractivity contribution is 7.45. The highest BCUT2D eigenvalue weighted by Crippen LogP contribution is 2.38. The zero-order valence-corrected chi connectivity index (χ0v) is 36.4. The summed E-state index contributed by atoms with van der Waals surface area (Å²) >= 11 is 0. The zero-order chi connectivity index (χ0) is 41.4. The lowest BCUT2D eigenvalue weighted by Crippen LogP contribution is -2.37. The van der Waals surface area contributed by atoms with Crippen LogP contribution in [0.15, 0.2) is 97.2 Å². The van der Waals surface area contributed by atoms with Crippen molar-refractivity contribution in [1.82, 2.24) is 0 Å². The third-order valence-corrected chi connectivity index (χ3v) is 9.05. The Morgan fingerprint density at radius 3 is 1.50 bits per heavy atom. The maximum Gasteiger partial charge on any atom is 0.306 e. The van der Waals surface area contributed by atoms with Crippen LogP contribution in [0, 0.1) is 0 Å². The molecular weight excluding hydrogens is 725 g/mol. The molecule has 0 N–H and O–H groups in total. The minimum atomic E-state index is -4.65. The van der Waals surface area contributed by atoms with Crippen LogP contribution in [-0.2, 0) is 32.7 Å². The molecule has 1 unspecified atom stereocenters. The van der Waals surface area contributed by atoms with Crippen molar-refractivity contribution < 1.29 is 42.1 Å². The summed E-state index contributed by atoms with van der Waals surface area (Å²) in [5.74, 6) is -0.960. The van der Waals surface area contributed by atoms with E-state index in [1.165, 1.54) is 19.3 Å². The average Bonchev–Trinajstić information content (AvgIpc) is 3.15. The van der Waals surface area contributed by atoms with Crippen molar-refractivity contribution in [2.45, 2.75) is 136 Å². The molecule has 56 heavy (non-hydrogen) atoms.